The number of rotatable bonds is 8. The fraction of sp³-hybridized carbons (Fsp3) is 0.375. The van der Waals surface area contributed by atoms with E-state index in [-0.39, 0.29) is 18.0 Å². The third-order valence-electron chi connectivity index (χ3n) is 7.24. The third kappa shape index (κ3) is 6.05. The zero-order chi connectivity index (χ0) is 27.6. The molecule has 0 aromatic heterocycles. The summed E-state index contributed by atoms with van der Waals surface area (Å²) in [6.45, 7) is 12.3. The molecule has 2 heterocycles. The molecule has 0 unspecified atom stereocenters. The number of allylic oxidation sites excluding steroid dienone is 1. The molecule has 0 atom stereocenters. The molecule has 3 aromatic rings. The molecule has 0 radical (unpaired) electrons. The molecule has 5 rings (SSSR count). The predicted octanol–water partition coefficient (Wildman–Crippen LogP) is 6.66. The lowest BCUT2D eigenvalue weighted by Gasteiger charge is -2.33. The smallest absolute Gasteiger partial charge is 0.142 e. The molecule has 7 heteroatoms. The van der Waals surface area contributed by atoms with E-state index in [0.717, 1.165) is 71.1 Å². The minimum absolute atomic E-state index is 0.174. The topological polar surface area (TPSA) is 52.2 Å². The first-order valence-electron chi connectivity index (χ1n) is 13.4. The molecule has 0 amide bonds. The van der Waals surface area contributed by atoms with Gasteiger partial charge in [0.15, 0.2) is 0 Å². The number of hydrogen-bond donors (Lipinski definition) is 1. The van der Waals surface area contributed by atoms with Crippen molar-refractivity contribution in [3.8, 4) is 28.4 Å². The van der Waals surface area contributed by atoms with Gasteiger partial charge in [-0.3, -0.25) is 4.90 Å². The molecule has 0 aliphatic carbocycles. The summed E-state index contributed by atoms with van der Waals surface area (Å²) in [5, 5.41) is 3.63. The third-order valence-corrected chi connectivity index (χ3v) is 7.24. The Morgan fingerprint density at radius 1 is 0.949 bits per heavy atom. The molecule has 39 heavy (non-hydrogen) atoms. The van der Waals surface area contributed by atoms with Gasteiger partial charge in [0.2, 0.25) is 0 Å². The van der Waals surface area contributed by atoms with Gasteiger partial charge in [0.1, 0.15) is 36.4 Å². The van der Waals surface area contributed by atoms with Crippen LogP contribution in [-0.2, 0) is 11.3 Å². The maximum Gasteiger partial charge on any atom is 0.142 e. The maximum atomic E-state index is 14.0. The monoisotopic (exact) mass is 532 g/mol. The number of ether oxygens (including phenoxy) is 4. The van der Waals surface area contributed by atoms with Crippen LogP contribution in [0.4, 0.5) is 10.1 Å². The quantitative estimate of drug-likeness (QED) is 0.350. The van der Waals surface area contributed by atoms with Crippen LogP contribution in [-0.4, -0.2) is 50.6 Å². The zero-order valence-corrected chi connectivity index (χ0v) is 23.4. The SMILES string of the molecule is COc1cc(OCN2CCOCC2)ccc1-c1ccc2c(c1COc1cc(F)ccc1C)C(C)=CC(C)(C)N2. The van der Waals surface area contributed by atoms with Gasteiger partial charge >= 0.3 is 0 Å². The number of hydrogen-bond acceptors (Lipinski definition) is 6. The molecule has 3 aromatic carbocycles. The first kappa shape index (κ1) is 27.0. The van der Waals surface area contributed by atoms with Crippen LogP contribution in [0.3, 0.4) is 0 Å². The van der Waals surface area contributed by atoms with Gasteiger partial charge in [0.25, 0.3) is 0 Å². The first-order valence-corrected chi connectivity index (χ1v) is 13.4. The van der Waals surface area contributed by atoms with E-state index in [1.54, 1.807) is 13.2 Å². The molecule has 2 aliphatic heterocycles. The minimum Gasteiger partial charge on any atom is -0.496 e. The number of nitrogens with zero attached hydrogens (tertiary/aromatic N) is 1. The maximum absolute atomic E-state index is 14.0. The summed E-state index contributed by atoms with van der Waals surface area (Å²) in [6.07, 6.45) is 2.23. The summed E-state index contributed by atoms with van der Waals surface area (Å²) in [5.41, 5.74) is 6.95. The number of nitrogens with one attached hydrogen (secondary N) is 1. The van der Waals surface area contributed by atoms with Gasteiger partial charge in [-0.15, -0.1) is 0 Å². The van der Waals surface area contributed by atoms with Crippen LogP contribution < -0.4 is 19.5 Å². The van der Waals surface area contributed by atoms with Crippen molar-refractivity contribution in [2.24, 2.45) is 0 Å². The van der Waals surface area contributed by atoms with Gasteiger partial charge in [-0.2, -0.15) is 0 Å². The van der Waals surface area contributed by atoms with Gasteiger partial charge in [0, 0.05) is 47.6 Å². The molecule has 6 nitrogen and oxygen atoms in total. The summed E-state index contributed by atoms with van der Waals surface area (Å²) < 4.78 is 37.6. The molecule has 0 bridgehead atoms. The van der Waals surface area contributed by atoms with E-state index in [9.17, 15) is 4.39 Å². The summed E-state index contributed by atoms with van der Waals surface area (Å²) in [5.74, 6) is 1.67. The Morgan fingerprint density at radius 3 is 2.49 bits per heavy atom. The van der Waals surface area contributed by atoms with E-state index in [4.69, 9.17) is 18.9 Å². The number of fused-ring (bicyclic) bond motifs is 1. The molecule has 1 saturated heterocycles. The standard InChI is InChI=1S/C32H37FN2O4/c1-21-6-7-23(33)16-29(21)38-19-27-25(10-11-28-31(27)22(2)18-32(3,4)34-28)26-9-8-24(17-30(26)36-5)39-20-35-12-14-37-15-13-35/h6-11,16-18,34H,12-15,19-20H2,1-5H3. The molecule has 1 fully saturated rings. The van der Waals surface area contributed by atoms with Crippen LogP contribution >= 0.6 is 0 Å². The van der Waals surface area contributed by atoms with Crippen molar-refractivity contribution in [3.05, 3.63) is 77.1 Å². The first-order chi connectivity index (χ1) is 18.7. The predicted molar refractivity (Wildman–Crippen MR) is 153 cm³/mol. The van der Waals surface area contributed by atoms with Gasteiger partial charge < -0.3 is 24.3 Å². The molecule has 206 valence electrons. The van der Waals surface area contributed by atoms with Gasteiger partial charge in [0.05, 0.1) is 25.9 Å². The second-order valence-electron chi connectivity index (χ2n) is 10.8. The highest BCUT2D eigenvalue weighted by Gasteiger charge is 2.27. The van der Waals surface area contributed by atoms with Crippen molar-refractivity contribution in [2.45, 2.75) is 39.8 Å². The number of benzene rings is 3. The summed E-state index contributed by atoms with van der Waals surface area (Å²) in [7, 11) is 1.67. The van der Waals surface area contributed by atoms with E-state index in [2.05, 4.69) is 49.2 Å². The minimum atomic E-state index is -0.320. The van der Waals surface area contributed by atoms with Crippen LogP contribution in [0, 0.1) is 12.7 Å². The highest BCUT2D eigenvalue weighted by Crippen LogP contribution is 2.43. The summed E-state index contributed by atoms with van der Waals surface area (Å²) in [4.78, 5) is 2.22. The largest absolute Gasteiger partial charge is 0.496 e. The van der Waals surface area contributed by atoms with Crippen molar-refractivity contribution >= 4 is 11.3 Å². The van der Waals surface area contributed by atoms with Gasteiger partial charge in [-0.25, -0.2) is 4.39 Å². The highest BCUT2D eigenvalue weighted by atomic mass is 19.1. The van der Waals surface area contributed by atoms with Gasteiger partial charge in [-0.1, -0.05) is 18.2 Å². The molecule has 0 saturated carbocycles. The van der Waals surface area contributed by atoms with E-state index in [0.29, 0.717) is 18.2 Å². The highest BCUT2D eigenvalue weighted by molar-refractivity contribution is 5.88. The number of morpholine rings is 1. The van der Waals surface area contributed by atoms with Crippen LogP contribution in [0.15, 0.2) is 54.6 Å². The van der Waals surface area contributed by atoms with Crippen molar-refractivity contribution in [2.75, 3.05) is 45.5 Å². The molecule has 1 N–H and O–H groups in total. The van der Waals surface area contributed by atoms with E-state index >= 15 is 0 Å². The lowest BCUT2D eigenvalue weighted by molar-refractivity contribution is 0.00404. The Bertz CT molecular complexity index is 1380. The number of aryl methyl sites for hydroxylation is 1. The molecular weight excluding hydrogens is 495 g/mol. The fourth-order valence-corrected chi connectivity index (χ4v) is 5.36. The van der Waals surface area contributed by atoms with Crippen molar-refractivity contribution < 1.29 is 23.3 Å². The Kier molecular flexibility index (Phi) is 7.82. The van der Waals surface area contributed by atoms with E-state index in [1.165, 1.54) is 12.1 Å². The zero-order valence-electron chi connectivity index (χ0n) is 23.4. The Balaban J connectivity index is 1.52. The summed E-state index contributed by atoms with van der Waals surface area (Å²) >= 11 is 0. The second-order valence-corrected chi connectivity index (χ2v) is 10.8. The molecular formula is C32H37FN2O4. The lowest BCUT2D eigenvalue weighted by Crippen LogP contribution is -2.38. The average Bonchev–Trinajstić information content (AvgIpc) is 2.92. The van der Waals surface area contributed by atoms with E-state index < -0.39 is 0 Å². The van der Waals surface area contributed by atoms with Gasteiger partial charge in [-0.05, 0) is 68.7 Å². The average molecular weight is 533 g/mol. The van der Waals surface area contributed by atoms with Crippen molar-refractivity contribution in [1.29, 1.82) is 0 Å². The second kappa shape index (κ2) is 11.3. The van der Waals surface area contributed by atoms with Crippen molar-refractivity contribution in [3.63, 3.8) is 0 Å². The number of halogens is 1. The Labute approximate surface area is 230 Å². The summed E-state index contributed by atoms with van der Waals surface area (Å²) in [6, 6.07) is 14.8. The molecule has 0 spiro atoms. The Hall–Kier alpha value is -3.55. The normalized spacial score (nSPS) is 16.6. The Morgan fingerprint density at radius 2 is 1.72 bits per heavy atom. The molecule has 2 aliphatic rings. The van der Waals surface area contributed by atoms with Crippen LogP contribution in [0.2, 0.25) is 0 Å². The fourth-order valence-electron chi connectivity index (χ4n) is 5.36. The van der Waals surface area contributed by atoms with Crippen LogP contribution in [0.25, 0.3) is 16.7 Å². The lowest BCUT2D eigenvalue weighted by atomic mass is 9.85. The van der Waals surface area contributed by atoms with Crippen LogP contribution in [0.5, 0.6) is 17.2 Å². The van der Waals surface area contributed by atoms with Crippen LogP contribution in [0.1, 0.15) is 37.5 Å². The number of methoxy groups -OCH3 is 1. The van der Waals surface area contributed by atoms with E-state index in [1.807, 2.05) is 25.1 Å². The number of anilines is 1. The van der Waals surface area contributed by atoms with Crippen molar-refractivity contribution in [1.82, 2.24) is 4.90 Å².